The molecule has 0 aliphatic rings. The van der Waals surface area contributed by atoms with Crippen molar-refractivity contribution in [3.8, 4) is 0 Å². The number of carbonyl (C=O) groups is 2. The Kier molecular flexibility index (Phi) is 10.3. The van der Waals surface area contributed by atoms with E-state index in [0.717, 1.165) is 25.5 Å². The van der Waals surface area contributed by atoms with Gasteiger partial charge in [0.25, 0.3) is 0 Å². The standard InChI is InChI=1S/C13H16FNO2.CH5N/c14-11-6-8-12(9-7-11)15-13(17)5-3-1-2-4-10-16;1-2/h6-10H,1-5H2,(H,15,17);2H2,1H3. The molecular formula is C14H21FN2O2. The maximum atomic E-state index is 12.6. The van der Waals surface area contributed by atoms with Crippen LogP contribution in [0.4, 0.5) is 10.1 Å². The van der Waals surface area contributed by atoms with Gasteiger partial charge in [0.05, 0.1) is 0 Å². The number of hydrogen-bond acceptors (Lipinski definition) is 3. The third-order valence-corrected chi connectivity index (χ3v) is 2.35. The molecule has 19 heavy (non-hydrogen) atoms. The summed E-state index contributed by atoms with van der Waals surface area (Å²) in [5.74, 6) is -0.403. The molecule has 0 aliphatic heterocycles. The molecule has 0 bridgehead atoms. The van der Waals surface area contributed by atoms with Crippen LogP contribution in [0.3, 0.4) is 0 Å². The van der Waals surface area contributed by atoms with Gasteiger partial charge in [-0.1, -0.05) is 6.42 Å². The monoisotopic (exact) mass is 268 g/mol. The molecule has 1 rings (SSSR count). The van der Waals surface area contributed by atoms with Crippen LogP contribution in [0.5, 0.6) is 0 Å². The smallest absolute Gasteiger partial charge is 0.224 e. The highest BCUT2D eigenvalue weighted by Crippen LogP contribution is 2.09. The number of anilines is 1. The molecule has 4 nitrogen and oxygen atoms in total. The van der Waals surface area contributed by atoms with E-state index in [4.69, 9.17) is 0 Å². The minimum absolute atomic E-state index is 0.0808. The van der Waals surface area contributed by atoms with Gasteiger partial charge >= 0.3 is 0 Å². The van der Waals surface area contributed by atoms with Crippen molar-refractivity contribution in [3.05, 3.63) is 30.1 Å². The quantitative estimate of drug-likeness (QED) is 0.589. The van der Waals surface area contributed by atoms with Crippen LogP contribution in [-0.2, 0) is 9.59 Å². The molecule has 0 spiro atoms. The number of nitrogens with two attached hydrogens (primary N) is 1. The minimum atomic E-state index is -0.322. The number of carbonyl (C=O) groups excluding carboxylic acids is 2. The molecule has 0 saturated heterocycles. The van der Waals surface area contributed by atoms with Crippen molar-refractivity contribution < 1.29 is 14.0 Å². The molecule has 0 saturated carbocycles. The van der Waals surface area contributed by atoms with Crippen molar-refractivity contribution in [2.24, 2.45) is 5.73 Å². The molecule has 106 valence electrons. The molecule has 5 heteroatoms. The van der Waals surface area contributed by atoms with E-state index in [1.165, 1.54) is 31.3 Å². The predicted octanol–water partition coefficient (Wildman–Crippen LogP) is 2.49. The second kappa shape index (κ2) is 11.3. The average molecular weight is 268 g/mol. The molecule has 0 fully saturated rings. The first-order valence-electron chi connectivity index (χ1n) is 6.29. The van der Waals surface area contributed by atoms with E-state index in [1.807, 2.05) is 0 Å². The highest BCUT2D eigenvalue weighted by Gasteiger charge is 2.02. The van der Waals surface area contributed by atoms with Crippen LogP contribution in [-0.4, -0.2) is 19.2 Å². The number of unbranched alkanes of at least 4 members (excludes halogenated alkanes) is 3. The van der Waals surface area contributed by atoms with Crippen molar-refractivity contribution in [1.82, 2.24) is 0 Å². The lowest BCUT2D eigenvalue weighted by Gasteiger charge is -2.04. The molecule has 1 aromatic rings. The van der Waals surface area contributed by atoms with Gasteiger partial charge in [-0.25, -0.2) is 4.39 Å². The van der Waals surface area contributed by atoms with Crippen LogP contribution in [0.15, 0.2) is 24.3 Å². The lowest BCUT2D eigenvalue weighted by molar-refractivity contribution is -0.116. The van der Waals surface area contributed by atoms with E-state index in [1.54, 1.807) is 0 Å². The van der Waals surface area contributed by atoms with Crippen LogP contribution in [0, 0.1) is 5.82 Å². The number of benzene rings is 1. The molecule has 1 aromatic carbocycles. The fraction of sp³-hybridized carbons (Fsp3) is 0.429. The zero-order valence-corrected chi connectivity index (χ0v) is 11.2. The molecule has 0 atom stereocenters. The van der Waals surface area contributed by atoms with Crippen LogP contribution < -0.4 is 11.1 Å². The SMILES string of the molecule is CN.O=CCCCCCC(=O)Nc1ccc(F)cc1. The second-order valence-electron chi connectivity index (χ2n) is 3.82. The fourth-order valence-electron chi connectivity index (χ4n) is 1.45. The molecule has 0 radical (unpaired) electrons. The predicted molar refractivity (Wildman–Crippen MR) is 74.3 cm³/mol. The van der Waals surface area contributed by atoms with Crippen LogP contribution in [0.1, 0.15) is 32.1 Å². The van der Waals surface area contributed by atoms with Gasteiger partial charge in [-0.2, -0.15) is 0 Å². The number of amides is 1. The molecule has 0 unspecified atom stereocenters. The van der Waals surface area contributed by atoms with E-state index in [0.29, 0.717) is 18.5 Å². The van der Waals surface area contributed by atoms with Gasteiger partial charge in [-0.05, 0) is 44.2 Å². The number of nitrogens with one attached hydrogen (secondary N) is 1. The Morgan fingerprint density at radius 3 is 2.42 bits per heavy atom. The Morgan fingerprint density at radius 2 is 1.84 bits per heavy atom. The van der Waals surface area contributed by atoms with Crippen molar-refractivity contribution in [2.75, 3.05) is 12.4 Å². The second-order valence-corrected chi connectivity index (χ2v) is 3.82. The third-order valence-electron chi connectivity index (χ3n) is 2.35. The van der Waals surface area contributed by atoms with E-state index in [2.05, 4.69) is 11.1 Å². The topological polar surface area (TPSA) is 72.2 Å². The summed E-state index contributed by atoms with van der Waals surface area (Å²) in [6.07, 6.45) is 4.33. The number of hydrogen-bond donors (Lipinski definition) is 2. The average Bonchev–Trinajstić information content (AvgIpc) is 2.43. The van der Waals surface area contributed by atoms with Crippen molar-refractivity contribution in [3.63, 3.8) is 0 Å². The Bertz CT molecular complexity index is 366. The summed E-state index contributed by atoms with van der Waals surface area (Å²) in [5.41, 5.74) is 5.10. The summed E-state index contributed by atoms with van der Waals surface area (Å²) in [6.45, 7) is 0. The van der Waals surface area contributed by atoms with Crippen molar-refractivity contribution in [2.45, 2.75) is 32.1 Å². The van der Waals surface area contributed by atoms with Gasteiger partial charge in [0.15, 0.2) is 0 Å². The van der Waals surface area contributed by atoms with Gasteiger partial charge in [-0.15, -0.1) is 0 Å². The maximum absolute atomic E-state index is 12.6. The Balaban J connectivity index is 0.00000154. The lowest BCUT2D eigenvalue weighted by Crippen LogP contribution is -2.10. The highest BCUT2D eigenvalue weighted by molar-refractivity contribution is 5.90. The third kappa shape index (κ3) is 8.90. The van der Waals surface area contributed by atoms with Crippen molar-refractivity contribution >= 4 is 17.9 Å². The maximum Gasteiger partial charge on any atom is 0.224 e. The Labute approximate surface area is 113 Å². The van der Waals surface area contributed by atoms with Gasteiger partial charge < -0.3 is 15.8 Å². The van der Waals surface area contributed by atoms with Gasteiger partial charge in [0.1, 0.15) is 12.1 Å². The summed E-state index contributed by atoms with van der Waals surface area (Å²) < 4.78 is 12.6. The summed E-state index contributed by atoms with van der Waals surface area (Å²) in [5, 5.41) is 2.68. The minimum Gasteiger partial charge on any atom is -0.333 e. The first-order chi connectivity index (χ1) is 9.22. The van der Waals surface area contributed by atoms with Crippen molar-refractivity contribution in [1.29, 1.82) is 0 Å². The Hall–Kier alpha value is -1.75. The molecule has 0 aliphatic carbocycles. The zero-order chi connectivity index (χ0) is 14.5. The summed E-state index contributed by atoms with van der Waals surface area (Å²) >= 11 is 0. The first kappa shape index (κ1) is 17.2. The highest BCUT2D eigenvalue weighted by atomic mass is 19.1. The van der Waals surface area contributed by atoms with Gasteiger partial charge in [0, 0.05) is 18.5 Å². The summed E-state index contributed by atoms with van der Waals surface area (Å²) in [6, 6.07) is 5.67. The van der Waals surface area contributed by atoms with Crippen LogP contribution in [0.25, 0.3) is 0 Å². The van der Waals surface area contributed by atoms with Gasteiger partial charge in [-0.3, -0.25) is 4.79 Å². The van der Waals surface area contributed by atoms with E-state index >= 15 is 0 Å². The lowest BCUT2D eigenvalue weighted by atomic mass is 10.1. The number of aldehydes is 1. The first-order valence-corrected chi connectivity index (χ1v) is 6.29. The van der Waals surface area contributed by atoms with Crippen LogP contribution in [0.2, 0.25) is 0 Å². The van der Waals surface area contributed by atoms with Crippen LogP contribution >= 0.6 is 0 Å². The molecular weight excluding hydrogens is 247 g/mol. The van der Waals surface area contributed by atoms with E-state index in [-0.39, 0.29) is 11.7 Å². The summed E-state index contributed by atoms with van der Waals surface area (Å²) in [4.78, 5) is 21.5. The number of halogens is 1. The molecule has 0 heterocycles. The van der Waals surface area contributed by atoms with Gasteiger partial charge in [0.2, 0.25) is 5.91 Å². The largest absolute Gasteiger partial charge is 0.333 e. The normalized spacial score (nSPS) is 9.21. The van der Waals surface area contributed by atoms with E-state index in [9.17, 15) is 14.0 Å². The Morgan fingerprint density at radius 1 is 1.21 bits per heavy atom. The molecule has 0 aromatic heterocycles. The number of rotatable bonds is 7. The molecule has 3 N–H and O–H groups in total. The molecule has 1 amide bonds. The summed E-state index contributed by atoms with van der Waals surface area (Å²) in [7, 11) is 1.50. The zero-order valence-electron chi connectivity index (χ0n) is 11.2. The fourth-order valence-corrected chi connectivity index (χ4v) is 1.45. The van der Waals surface area contributed by atoms with E-state index < -0.39 is 0 Å².